The maximum absolute atomic E-state index is 12.0. The summed E-state index contributed by atoms with van der Waals surface area (Å²) in [7, 11) is 3.49. The van der Waals surface area contributed by atoms with Crippen LogP contribution in [0.15, 0.2) is 18.3 Å². The van der Waals surface area contributed by atoms with Crippen molar-refractivity contribution in [3.8, 4) is 10.6 Å². The van der Waals surface area contributed by atoms with Gasteiger partial charge in [-0.05, 0) is 31.5 Å². The molecule has 0 aliphatic rings. The fourth-order valence-corrected chi connectivity index (χ4v) is 2.95. The lowest BCUT2D eigenvalue weighted by Gasteiger charge is -2.16. The van der Waals surface area contributed by atoms with Gasteiger partial charge in [0.2, 0.25) is 5.91 Å². The van der Waals surface area contributed by atoms with Gasteiger partial charge in [-0.25, -0.2) is 0 Å². The summed E-state index contributed by atoms with van der Waals surface area (Å²) in [5.41, 5.74) is 1.92. The molecule has 2 rings (SSSR count). The monoisotopic (exact) mass is 297 g/mol. The van der Waals surface area contributed by atoms with Gasteiger partial charge in [-0.3, -0.25) is 9.48 Å². The zero-order chi connectivity index (χ0) is 14.2. The SMILES string of the molecule is Cc1cn(C(C)C(=O)N(C)C)nc1-c1ccc(Cl)s1. The second-order valence-corrected chi connectivity index (χ2v) is 6.37. The normalized spacial score (nSPS) is 12.5. The number of hydrogen-bond donors (Lipinski definition) is 0. The first-order valence-electron chi connectivity index (χ1n) is 5.92. The zero-order valence-corrected chi connectivity index (χ0v) is 12.9. The molecule has 0 N–H and O–H groups in total. The van der Waals surface area contributed by atoms with Crippen molar-refractivity contribution >= 4 is 28.8 Å². The molecule has 0 saturated carbocycles. The second-order valence-electron chi connectivity index (χ2n) is 4.65. The molecule has 0 fully saturated rings. The lowest BCUT2D eigenvalue weighted by atomic mass is 10.2. The molecule has 0 saturated heterocycles. The molecular formula is C13H16ClN3OS. The van der Waals surface area contributed by atoms with Crippen molar-refractivity contribution in [1.29, 1.82) is 0 Å². The molecule has 2 aromatic rings. The van der Waals surface area contributed by atoms with E-state index in [2.05, 4.69) is 5.10 Å². The summed E-state index contributed by atoms with van der Waals surface area (Å²) < 4.78 is 2.45. The molecule has 0 radical (unpaired) electrons. The van der Waals surface area contributed by atoms with Gasteiger partial charge in [0.1, 0.15) is 11.7 Å². The Bertz CT molecular complexity index is 603. The van der Waals surface area contributed by atoms with E-state index < -0.39 is 0 Å². The standard InChI is InChI=1S/C13H16ClN3OS/c1-8-7-17(9(2)13(18)16(3)4)15-12(8)10-5-6-11(14)19-10/h5-7,9H,1-4H3. The summed E-state index contributed by atoms with van der Waals surface area (Å²) in [5.74, 6) is 0.0262. The van der Waals surface area contributed by atoms with E-state index in [4.69, 9.17) is 11.6 Å². The average molecular weight is 298 g/mol. The first kappa shape index (κ1) is 14.1. The summed E-state index contributed by atoms with van der Waals surface area (Å²) in [4.78, 5) is 14.5. The minimum absolute atomic E-state index is 0.0262. The van der Waals surface area contributed by atoms with Crippen LogP contribution in [0.25, 0.3) is 10.6 Å². The van der Waals surface area contributed by atoms with E-state index in [1.165, 1.54) is 11.3 Å². The third kappa shape index (κ3) is 2.82. The van der Waals surface area contributed by atoms with Crippen LogP contribution < -0.4 is 0 Å². The minimum Gasteiger partial charge on any atom is -0.347 e. The van der Waals surface area contributed by atoms with Gasteiger partial charge in [-0.2, -0.15) is 5.10 Å². The molecule has 4 nitrogen and oxygen atoms in total. The largest absolute Gasteiger partial charge is 0.347 e. The summed E-state index contributed by atoms with van der Waals surface area (Å²) in [6.07, 6.45) is 1.90. The molecule has 2 aromatic heterocycles. The number of likely N-dealkylation sites (N-methyl/N-ethyl adjacent to an activating group) is 1. The first-order chi connectivity index (χ1) is 8.90. The fourth-order valence-electron chi connectivity index (χ4n) is 1.85. The first-order valence-corrected chi connectivity index (χ1v) is 7.12. The molecule has 1 amide bonds. The third-order valence-corrected chi connectivity index (χ3v) is 4.15. The zero-order valence-electron chi connectivity index (χ0n) is 11.3. The summed E-state index contributed by atoms with van der Waals surface area (Å²) >= 11 is 7.44. The second kappa shape index (κ2) is 5.35. The quantitative estimate of drug-likeness (QED) is 0.872. The van der Waals surface area contributed by atoms with E-state index in [1.807, 2.05) is 32.2 Å². The Morgan fingerprint density at radius 2 is 2.16 bits per heavy atom. The molecule has 19 heavy (non-hydrogen) atoms. The van der Waals surface area contributed by atoms with Gasteiger partial charge in [-0.15, -0.1) is 11.3 Å². The number of rotatable bonds is 3. The molecule has 6 heteroatoms. The topological polar surface area (TPSA) is 38.1 Å². The molecule has 0 bridgehead atoms. The number of hydrogen-bond acceptors (Lipinski definition) is 3. The predicted octanol–water partition coefficient (Wildman–Crippen LogP) is 3.22. The van der Waals surface area contributed by atoms with Gasteiger partial charge in [0.25, 0.3) is 0 Å². The van der Waals surface area contributed by atoms with E-state index >= 15 is 0 Å². The highest BCUT2D eigenvalue weighted by molar-refractivity contribution is 7.19. The van der Waals surface area contributed by atoms with E-state index in [0.717, 1.165) is 20.5 Å². The number of aryl methyl sites for hydroxylation is 1. The number of aromatic nitrogens is 2. The number of amides is 1. The molecular weight excluding hydrogens is 282 g/mol. The van der Waals surface area contributed by atoms with Gasteiger partial charge in [0.05, 0.1) is 9.21 Å². The van der Waals surface area contributed by atoms with Crippen LogP contribution >= 0.6 is 22.9 Å². The summed E-state index contributed by atoms with van der Waals surface area (Å²) in [6.45, 7) is 3.83. The van der Waals surface area contributed by atoms with Crippen LogP contribution in [0.3, 0.4) is 0 Å². The Hall–Kier alpha value is -1.33. The van der Waals surface area contributed by atoms with Crippen LogP contribution in [-0.4, -0.2) is 34.7 Å². The van der Waals surface area contributed by atoms with Crippen molar-refractivity contribution in [3.05, 3.63) is 28.2 Å². The smallest absolute Gasteiger partial charge is 0.246 e. The van der Waals surface area contributed by atoms with Gasteiger partial charge < -0.3 is 4.90 Å². The summed E-state index contributed by atoms with van der Waals surface area (Å²) in [5, 5.41) is 4.52. The van der Waals surface area contributed by atoms with Crippen LogP contribution in [0.4, 0.5) is 0 Å². The van der Waals surface area contributed by atoms with Crippen molar-refractivity contribution in [2.75, 3.05) is 14.1 Å². The van der Waals surface area contributed by atoms with Crippen molar-refractivity contribution in [2.45, 2.75) is 19.9 Å². The predicted molar refractivity (Wildman–Crippen MR) is 78.7 cm³/mol. The molecule has 0 aliphatic carbocycles. The van der Waals surface area contributed by atoms with Crippen LogP contribution in [-0.2, 0) is 4.79 Å². The lowest BCUT2D eigenvalue weighted by Crippen LogP contribution is -2.30. The van der Waals surface area contributed by atoms with Crippen molar-refractivity contribution in [2.24, 2.45) is 0 Å². The molecule has 0 aromatic carbocycles. The van der Waals surface area contributed by atoms with Gasteiger partial charge in [-0.1, -0.05) is 11.6 Å². The van der Waals surface area contributed by atoms with Crippen LogP contribution in [0.5, 0.6) is 0 Å². The average Bonchev–Trinajstić information content (AvgIpc) is 2.93. The summed E-state index contributed by atoms with van der Waals surface area (Å²) in [6, 6.07) is 3.50. The maximum atomic E-state index is 12.0. The Morgan fingerprint density at radius 1 is 1.47 bits per heavy atom. The Kier molecular flexibility index (Phi) is 3.96. The molecule has 1 atom stereocenters. The van der Waals surface area contributed by atoms with Crippen molar-refractivity contribution < 1.29 is 4.79 Å². The number of carbonyl (C=O) groups is 1. The minimum atomic E-state index is -0.308. The van der Waals surface area contributed by atoms with Crippen LogP contribution in [0.2, 0.25) is 4.34 Å². The highest BCUT2D eigenvalue weighted by Crippen LogP contribution is 2.32. The van der Waals surface area contributed by atoms with Gasteiger partial charge in [0, 0.05) is 20.3 Å². The molecule has 2 heterocycles. The van der Waals surface area contributed by atoms with Gasteiger partial charge >= 0.3 is 0 Å². The molecule has 102 valence electrons. The molecule has 1 unspecified atom stereocenters. The van der Waals surface area contributed by atoms with Crippen LogP contribution in [0.1, 0.15) is 18.5 Å². The Balaban J connectivity index is 2.34. The van der Waals surface area contributed by atoms with Gasteiger partial charge in [0.15, 0.2) is 0 Å². The lowest BCUT2D eigenvalue weighted by molar-refractivity contribution is -0.131. The maximum Gasteiger partial charge on any atom is 0.246 e. The molecule has 0 aliphatic heterocycles. The van der Waals surface area contributed by atoms with Crippen molar-refractivity contribution in [3.63, 3.8) is 0 Å². The Labute approximate surface area is 121 Å². The number of carbonyl (C=O) groups excluding carboxylic acids is 1. The van der Waals surface area contributed by atoms with E-state index in [0.29, 0.717) is 0 Å². The molecule has 0 spiro atoms. The highest BCUT2D eigenvalue weighted by atomic mass is 35.5. The number of thiophene rings is 1. The number of nitrogens with zero attached hydrogens (tertiary/aromatic N) is 3. The van der Waals surface area contributed by atoms with E-state index in [1.54, 1.807) is 23.7 Å². The van der Waals surface area contributed by atoms with Crippen molar-refractivity contribution in [1.82, 2.24) is 14.7 Å². The third-order valence-electron chi connectivity index (χ3n) is 2.92. The Morgan fingerprint density at radius 3 is 2.68 bits per heavy atom. The number of halogens is 1. The fraction of sp³-hybridized carbons (Fsp3) is 0.385. The highest BCUT2D eigenvalue weighted by Gasteiger charge is 2.19. The van der Waals surface area contributed by atoms with Crippen LogP contribution in [0, 0.1) is 6.92 Å². The van der Waals surface area contributed by atoms with E-state index in [-0.39, 0.29) is 11.9 Å². The van der Waals surface area contributed by atoms with E-state index in [9.17, 15) is 4.79 Å².